The number of nitrogens with one attached hydrogen (secondary N) is 1. The molecule has 0 aliphatic heterocycles. The maximum atomic E-state index is 12.2. The summed E-state index contributed by atoms with van der Waals surface area (Å²) in [5.74, 6) is 0.580. The predicted octanol–water partition coefficient (Wildman–Crippen LogP) is 3.48. The first-order valence-electron chi connectivity index (χ1n) is 5.49. The molecule has 1 saturated carbocycles. The summed E-state index contributed by atoms with van der Waals surface area (Å²) in [7, 11) is 0. The Labute approximate surface area is 102 Å². The number of rotatable bonds is 1. The Morgan fingerprint density at radius 1 is 1.38 bits per heavy atom. The van der Waals surface area contributed by atoms with E-state index in [1.54, 1.807) is 0 Å². The van der Waals surface area contributed by atoms with Crippen molar-refractivity contribution in [2.75, 3.05) is 0 Å². The van der Waals surface area contributed by atoms with Crippen molar-refractivity contribution in [2.24, 2.45) is 0 Å². The van der Waals surface area contributed by atoms with E-state index in [0.29, 0.717) is 5.92 Å². The van der Waals surface area contributed by atoms with Crippen LogP contribution in [-0.2, 0) is 0 Å². The lowest BCUT2D eigenvalue weighted by atomic mass is 10.1. The minimum atomic E-state index is 0.170. The van der Waals surface area contributed by atoms with Gasteiger partial charge in [-0.2, -0.15) is 0 Å². The van der Waals surface area contributed by atoms with E-state index >= 15 is 0 Å². The molecule has 3 heteroatoms. The summed E-state index contributed by atoms with van der Waals surface area (Å²) in [5, 5.41) is 0.783. The van der Waals surface area contributed by atoms with Gasteiger partial charge in [-0.3, -0.25) is 4.79 Å². The summed E-state index contributed by atoms with van der Waals surface area (Å²) >= 11 is 3.43. The van der Waals surface area contributed by atoms with Crippen LogP contribution in [0.2, 0.25) is 0 Å². The van der Waals surface area contributed by atoms with E-state index < -0.39 is 0 Å². The summed E-state index contributed by atoms with van der Waals surface area (Å²) in [4.78, 5) is 15.6. The summed E-state index contributed by atoms with van der Waals surface area (Å²) in [6, 6.07) is 5.76. The van der Waals surface area contributed by atoms with E-state index in [4.69, 9.17) is 0 Å². The lowest BCUT2D eigenvalue weighted by Crippen LogP contribution is -2.10. The van der Waals surface area contributed by atoms with Crippen molar-refractivity contribution in [3.8, 4) is 0 Å². The van der Waals surface area contributed by atoms with Crippen molar-refractivity contribution in [1.82, 2.24) is 4.98 Å². The third kappa shape index (κ3) is 1.50. The van der Waals surface area contributed by atoms with Crippen LogP contribution in [0.5, 0.6) is 0 Å². The molecule has 1 heterocycles. The lowest BCUT2D eigenvalue weighted by molar-refractivity contribution is 1.01. The fourth-order valence-corrected chi connectivity index (χ4v) is 2.52. The molecule has 16 heavy (non-hydrogen) atoms. The van der Waals surface area contributed by atoms with Gasteiger partial charge in [-0.25, -0.2) is 0 Å². The molecule has 82 valence electrons. The molecule has 0 unspecified atom stereocenters. The molecule has 1 aliphatic rings. The monoisotopic (exact) mass is 277 g/mol. The third-order valence-corrected chi connectivity index (χ3v) is 3.72. The van der Waals surface area contributed by atoms with Crippen LogP contribution in [0.3, 0.4) is 0 Å². The molecule has 0 radical (unpaired) electrons. The van der Waals surface area contributed by atoms with Crippen LogP contribution >= 0.6 is 15.9 Å². The van der Waals surface area contributed by atoms with Gasteiger partial charge in [0.15, 0.2) is 5.43 Å². The van der Waals surface area contributed by atoms with Crippen LogP contribution in [0.1, 0.15) is 30.0 Å². The Hall–Kier alpha value is -1.09. The average molecular weight is 278 g/mol. The summed E-state index contributed by atoms with van der Waals surface area (Å²) < 4.78 is 1.00. The average Bonchev–Trinajstić information content (AvgIpc) is 3.07. The second-order valence-electron chi connectivity index (χ2n) is 4.46. The second-order valence-corrected chi connectivity index (χ2v) is 5.37. The molecule has 1 aromatic carbocycles. The minimum absolute atomic E-state index is 0.170. The van der Waals surface area contributed by atoms with E-state index in [1.165, 1.54) is 12.8 Å². The SMILES string of the molecule is Cc1c(C2CC2)[nH]c2cc(Br)ccc2c1=O. The maximum Gasteiger partial charge on any atom is 0.192 e. The first-order valence-corrected chi connectivity index (χ1v) is 6.28. The van der Waals surface area contributed by atoms with Crippen LogP contribution < -0.4 is 5.43 Å². The summed E-state index contributed by atoms with van der Waals surface area (Å²) in [5.41, 5.74) is 3.13. The number of hydrogen-bond acceptors (Lipinski definition) is 1. The van der Waals surface area contributed by atoms with Crippen molar-refractivity contribution < 1.29 is 0 Å². The zero-order valence-electron chi connectivity index (χ0n) is 9.01. The van der Waals surface area contributed by atoms with Crippen molar-refractivity contribution in [3.05, 3.63) is 44.2 Å². The molecule has 0 bridgehead atoms. The summed E-state index contributed by atoms with van der Waals surface area (Å²) in [6.07, 6.45) is 2.41. The largest absolute Gasteiger partial charge is 0.358 e. The highest BCUT2D eigenvalue weighted by molar-refractivity contribution is 9.10. The smallest absolute Gasteiger partial charge is 0.192 e. The highest BCUT2D eigenvalue weighted by Gasteiger charge is 2.27. The van der Waals surface area contributed by atoms with Crippen molar-refractivity contribution in [3.63, 3.8) is 0 Å². The van der Waals surface area contributed by atoms with Gasteiger partial charge in [0.2, 0.25) is 0 Å². The fourth-order valence-electron chi connectivity index (χ4n) is 2.16. The van der Waals surface area contributed by atoms with E-state index in [-0.39, 0.29) is 5.43 Å². The standard InChI is InChI=1S/C13H12BrNO/c1-7-12(8-2-3-8)15-11-6-9(14)4-5-10(11)13(7)16/h4-6,8H,2-3H2,1H3,(H,15,16). The molecule has 1 aromatic heterocycles. The van der Waals surface area contributed by atoms with Crippen molar-refractivity contribution >= 4 is 26.8 Å². The molecule has 1 aliphatic carbocycles. The van der Waals surface area contributed by atoms with Gasteiger partial charge < -0.3 is 4.98 Å². The number of fused-ring (bicyclic) bond motifs is 1. The van der Waals surface area contributed by atoms with Gasteiger partial charge >= 0.3 is 0 Å². The van der Waals surface area contributed by atoms with Crippen molar-refractivity contribution in [2.45, 2.75) is 25.7 Å². The molecule has 0 spiro atoms. The Bertz CT molecular complexity index is 626. The van der Waals surface area contributed by atoms with Gasteiger partial charge in [0, 0.05) is 21.1 Å². The lowest BCUT2D eigenvalue weighted by Gasteiger charge is -2.07. The number of benzene rings is 1. The van der Waals surface area contributed by atoms with Gasteiger partial charge in [0.05, 0.1) is 5.52 Å². The van der Waals surface area contributed by atoms with E-state index in [9.17, 15) is 4.79 Å². The van der Waals surface area contributed by atoms with Gasteiger partial charge in [-0.05, 0) is 43.9 Å². The molecule has 3 rings (SSSR count). The Kier molecular flexibility index (Phi) is 2.18. The first kappa shape index (κ1) is 10.1. The van der Waals surface area contributed by atoms with Gasteiger partial charge in [-0.15, -0.1) is 0 Å². The first-order chi connectivity index (χ1) is 7.66. The van der Waals surface area contributed by atoms with Crippen LogP contribution in [0.15, 0.2) is 27.5 Å². The number of halogens is 1. The third-order valence-electron chi connectivity index (χ3n) is 3.23. The zero-order valence-corrected chi connectivity index (χ0v) is 10.6. The predicted molar refractivity (Wildman–Crippen MR) is 69.0 cm³/mol. The molecule has 0 atom stereocenters. The number of aromatic nitrogens is 1. The number of H-pyrrole nitrogens is 1. The molecule has 1 N–H and O–H groups in total. The highest BCUT2D eigenvalue weighted by atomic mass is 79.9. The second kappa shape index (κ2) is 3.45. The van der Waals surface area contributed by atoms with Crippen LogP contribution in [0.4, 0.5) is 0 Å². The topological polar surface area (TPSA) is 32.9 Å². The molecular weight excluding hydrogens is 266 g/mol. The maximum absolute atomic E-state index is 12.2. The normalized spacial score (nSPS) is 15.6. The molecular formula is C13H12BrNO. The Morgan fingerprint density at radius 2 is 2.12 bits per heavy atom. The van der Waals surface area contributed by atoms with Gasteiger partial charge in [0.25, 0.3) is 0 Å². The number of hydrogen-bond donors (Lipinski definition) is 1. The van der Waals surface area contributed by atoms with E-state index in [0.717, 1.165) is 26.6 Å². The van der Waals surface area contributed by atoms with Crippen LogP contribution in [0, 0.1) is 6.92 Å². The molecule has 2 nitrogen and oxygen atoms in total. The van der Waals surface area contributed by atoms with E-state index in [1.807, 2.05) is 25.1 Å². The number of aromatic amines is 1. The van der Waals surface area contributed by atoms with Gasteiger partial charge in [0.1, 0.15) is 0 Å². The number of pyridine rings is 1. The Balaban J connectivity index is 2.38. The van der Waals surface area contributed by atoms with Crippen LogP contribution in [0.25, 0.3) is 10.9 Å². The zero-order chi connectivity index (χ0) is 11.3. The van der Waals surface area contributed by atoms with Crippen LogP contribution in [-0.4, -0.2) is 4.98 Å². The molecule has 0 saturated heterocycles. The Morgan fingerprint density at radius 3 is 2.81 bits per heavy atom. The molecule has 2 aromatic rings. The quantitative estimate of drug-likeness (QED) is 0.851. The van der Waals surface area contributed by atoms with Crippen molar-refractivity contribution in [1.29, 1.82) is 0 Å². The highest BCUT2D eigenvalue weighted by Crippen LogP contribution is 2.40. The minimum Gasteiger partial charge on any atom is -0.358 e. The van der Waals surface area contributed by atoms with E-state index in [2.05, 4.69) is 20.9 Å². The van der Waals surface area contributed by atoms with Gasteiger partial charge in [-0.1, -0.05) is 15.9 Å². The molecule has 0 amide bonds. The fraction of sp³-hybridized carbons (Fsp3) is 0.308. The summed E-state index contributed by atoms with van der Waals surface area (Å²) in [6.45, 7) is 1.92. The molecule has 1 fully saturated rings.